The molecule has 0 amide bonds. The highest BCUT2D eigenvalue weighted by atomic mass is 16.7. The number of hydrogen-bond donors (Lipinski definition) is 2. The molecule has 0 saturated carbocycles. The molecule has 1 aromatic rings. The predicted molar refractivity (Wildman–Crippen MR) is 114 cm³/mol. The molecular formula is C22H37N3O5. The Bertz CT molecular complexity index is 571. The Balaban J connectivity index is 1.48. The molecular weight excluding hydrogens is 386 g/mol. The van der Waals surface area contributed by atoms with E-state index in [1.807, 2.05) is 30.3 Å². The van der Waals surface area contributed by atoms with Crippen LogP contribution in [0.5, 0.6) is 0 Å². The van der Waals surface area contributed by atoms with Crippen LogP contribution in [-0.4, -0.2) is 83.3 Å². The van der Waals surface area contributed by atoms with Crippen molar-refractivity contribution in [1.29, 1.82) is 0 Å². The third-order valence-electron chi connectivity index (χ3n) is 5.54. The molecule has 170 valence electrons. The fraction of sp³-hybridized carbons (Fsp3) is 0.727. The molecule has 0 radical (unpaired) electrons. The Morgan fingerprint density at radius 1 is 1.13 bits per heavy atom. The van der Waals surface area contributed by atoms with Crippen LogP contribution in [0.1, 0.15) is 31.6 Å². The van der Waals surface area contributed by atoms with Crippen molar-refractivity contribution in [2.75, 3.05) is 60.2 Å². The predicted octanol–water partition coefficient (Wildman–Crippen LogP) is 1.68. The molecule has 1 aromatic carbocycles. The van der Waals surface area contributed by atoms with E-state index in [1.54, 1.807) is 7.11 Å². The maximum absolute atomic E-state index is 6.23. The minimum absolute atomic E-state index is 0.0699. The zero-order valence-corrected chi connectivity index (χ0v) is 18.3. The van der Waals surface area contributed by atoms with E-state index in [-0.39, 0.29) is 18.4 Å². The van der Waals surface area contributed by atoms with Crippen molar-refractivity contribution in [2.45, 2.75) is 44.2 Å². The second-order valence-electron chi connectivity index (χ2n) is 7.71. The highest BCUT2D eigenvalue weighted by molar-refractivity contribution is 5.16. The van der Waals surface area contributed by atoms with Gasteiger partial charge in [0.15, 0.2) is 6.29 Å². The Morgan fingerprint density at radius 3 is 2.67 bits per heavy atom. The van der Waals surface area contributed by atoms with Gasteiger partial charge in [-0.3, -0.25) is 15.5 Å². The lowest BCUT2D eigenvalue weighted by molar-refractivity contribution is -0.234. The van der Waals surface area contributed by atoms with E-state index >= 15 is 0 Å². The van der Waals surface area contributed by atoms with Gasteiger partial charge in [0.25, 0.3) is 0 Å². The molecule has 0 aliphatic carbocycles. The van der Waals surface area contributed by atoms with E-state index in [0.717, 1.165) is 31.5 Å². The number of ether oxygens (including phenoxy) is 5. The molecule has 2 aliphatic rings. The quantitative estimate of drug-likeness (QED) is 0.389. The lowest BCUT2D eigenvalue weighted by Gasteiger charge is -2.42. The summed E-state index contributed by atoms with van der Waals surface area (Å²) < 4.78 is 29.1. The van der Waals surface area contributed by atoms with Crippen molar-refractivity contribution in [2.24, 2.45) is 0 Å². The molecule has 0 unspecified atom stereocenters. The molecule has 30 heavy (non-hydrogen) atoms. The molecule has 2 aliphatic heterocycles. The summed E-state index contributed by atoms with van der Waals surface area (Å²) in [5, 5.41) is 6.69. The van der Waals surface area contributed by atoms with Crippen LogP contribution >= 0.6 is 0 Å². The van der Waals surface area contributed by atoms with Crippen LogP contribution < -0.4 is 10.6 Å². The summed E-state index contributed by atoms with van der Waals surface area (Å²) in [5.74, 6) is 0. The monoisotopic (exact) mass is 423 g/mol. The number of piperidine rings is 1. The van der Waals surface area contributed by atoms with Crippen molar-refractivity contribution in [3.8, 4) is 0 Å². The first kappa shape index (κ1) is 23.6. The van der Waals surface area contributed by atoms with Crippen molar-refractivity contribution >= 4 is 0 Å². The van der Waals surface area contributed by atoms with E-state index in [2.05, 4.69) is 22.5 Å². The summed E-state index contributed by atoms with van der Waals surface area (Å²) in [4.78, 5) is 2.35. The maximum atomic E-state index is 6.23. The van der Waals surface area contributed by atoms with Gasteiger partial charge >= 0.3 is 0 Å². The Labute approximate surface area is 180 Å². The molecule has 2 saturated heterocycles. The maximum Gasteiger partial charge on any atom is 0.184 e. The molecule has 2 heterocycles. The number of nitrogens with zero attached hydrogens (tertiary/aromatic N) is 1. The molecule has 0 spiro atoms. The van der Waals surface area contributed by atoms with Gasteiger partial charge in [-0.1, -0.05) is 37.3 Å². The van der Waals surface area contributed by atoms with Gasteiger partial charge in [-0.15, -0.1) is 0 Å². The van der Waals surface area contributed by atoms with Crippen molar-refractivity contribution in [3.63, 3.8) is 0 Å². The molecule has 8 heteroatoms. The number of rotatable bonds is 12. The third kappa shape index (κ3) is 7.25. The van der Waals surface area contributed by atoms with E-state index in [4.69, 9.17) is 23.7 Å². The zero-order valence-electron chi connectivity index (χ0n) is 18.3. The highest BCUT2D eigenvalue weighted by Crippen LogP contribution is 2.24. The number of likely N-dealkylation sites (tertiary alicyclic amines) is 1. The number of benzene rings is 1. The van der Waals surface area contributed by atoms with Gasteiger partial charge in [0.1, 0.15) is 12.8 Å². The molecule has 8 nitrogen and oxygen atoms in total. The van der Waals surface area contributed by atoms with Crippen LogP contribution in [0.3, 0.4) is 0 Å². The molecule has 2 N–H and O–H groups in total. The van der Waals surface area contributed by atoms with Crippen molar-refractivity contribution in [1.82, 2.24) is 15.5 Å². The molecule has 3 rings (SSSR count). The lowest BCUT2D eigenvalue weighted by atomic mass is 9.97. The summed E-state index contributed by atoms with van der Waals surface area (Å²) >= 11 is 0. The smallest absolute Gasteiger partial charge is 0.184 e. The number of hydrogen-bond acceptors (Lipinski definition) is 8. The normalized spacial score (nSPS) is 27.9. The summed E-state index contributed by atoms with van der Waals surface area (Å²) in [6.07, 6.45) is 1.83. The summed E-state index contributed by atoms with van der Waals surface area (Å²) in [6, 6.07) is 10.5. The average molecular weight is 424 g/mol. The molecule has 2 atom stereocenters. The van der Waals surface area contributed by atoms with Gasteiger partial charge in [0, 0.05) is 25.3 Å². The van der Waals surface area contributed by atoms with E-state index < -0.39 is 0 Å². The van der Waals surface area contributed by atoms with Crippen molar-refractivity contribution < 1.29 is 23.7 Å². The van der Waals surface area contributed by atoms with Crippen LogP contribution in [0.2, 0.25) is 0 Å². The van der Waals surface area contributed by atoms with E-state index in [1.165, 1.54) is 0 Å². The van der Waals surface area contributed by atoms with Crippen LogP contribution in [0.4, 0.5) is 0 Å². The van der Waals surface area contributed by atoms with E-state index in [9.17, 15) is 0 Å². The SMILES string of the molecule is CCNCOCN1CCC[C@H](NCOC)[C@@H]1CO[C@H]1CO[C@@H](c2ccccc2)OC1. The second kappa shape index (κ2) is 13.3. The summed E-state index contributed by atoms with van der Waals surface area (Å²) in [5.41, 5.74) is 1.04. The molecule has 2 fully saturated rings. The fourth-order valence-electron chi connectivity index (χ4n) is 3.89. The Kier molecular flexibility index (Phi) is 10.5. The first-order valence-electron chi connectivity index (χ1n) is 11.0. The van der Waals surface area contributed by atoms with Gasteiger partial charge in [0.2, 0.25) is 0 Å². The highest BCUT2D eigenvalue weighted by Gasteiger charge is 2.33. The first-order valence-corrected chi connectivity index (χ1v) is 11.0. The Hall–Kier alpha value is -1.10. The minimum atomic E-state index is -0.312. The van der Waals surface area contributed by atoms with Gasteiger partial charge in [-0.05, 0) is 19.4 Å². The van der Waals surface area contributed by atoms with Crippen LogP contribution in [0.15, 0.2) is 30.3 Å². The minimum Gasteiger partial charge on any atom is -0.372 e. The molecule has 0 aromatic heterocycles. The number of nitrogens with one attached hydrogen (secondary N) is 2. The zero-order chi connectivity index (χ0) is 21.0. The standard InChI is InChI=1S/C22H37N3O5/c1-3-23-15-27-17-25-11-7-10-20(24-16-26-2)21(25)14-28-19-12-29-22(30-13-19)18-8-5-4-6-9-18/h4-6,8-9,19-24H,3,7,10-17H2,1-2H3/t19-,20-,21-,22+/m0/s1. The van der Waals surface area contributed by atoms with E-state index in [0.29, 0.717) is 46.1 Å². The van der Waals surface area contributed by atoms with Gasteiger partial charge in [0.05, 0.1) is 39.3 Å². The van der Waals surface area contributed by atoms with Gasteiger partial charge in [-0.25, -0.2) is 0 Å². The van der Waals surface area contributed by atoms with Gasteiger partial charge in [-0.2, -0.15) is 0 Å². The van der Waals surface area contributed by atoms with Crippen molar-refractivity contribution in [3.05, 3.63) is 35.9 Å². The topological polar surface area (TPSA) is 73.5 Å². The average Bonchev–Trinajstić information content (AvgIpc) is 2.80. The molecule has 0 bridgehead atoms. The first-order chi connectivity index (χ1) is 14.8. The fourth-order valence-corrected chi connectivity index (χ4v) is 3.89. The van der Waals surface area contributed by atoms with Crippen LogP contribution in [-0.2, 0) is 23.7 Å². The lowest BCUT2D eigenvalue weighted by Crippen LogP contribution is -2.57. The third-order valence-corrected chi connectivity index (χ3v) is 5.54. The summed E-state index contributed by atoms with van der Waals surface area (Å²) in [6.45, 7) is 7.29. The number of methoxy groups -OCH3 is 1. The largest absolute Gasteiger partial charge is 0.372 e. The van der Waals surface area contributed by atoms with Crippen LogP contribution in [0, 0.1) is 0 Å². The Morgan fingerprint density at radius 2 is 1.93 bits per heavy atom. The summed E-state index contributed by atoms with van der Waals surface area (Å²) in [7, 11) is 1.71. The van der Waals surface area contributed by atoms with Crippen LogP contribution in [0.25, 0.3) is 0 Å². The van der Waals surface area contributed by atoms with Gasteiger partial charge < -0.3 is 23.7 Å². The second-order valence-corrected chi connectivity index (χ2v) is 7.71.